The SMILES string of the molecule is COCCOC1C[C@@H](COP(=O)(O)O[C@@H]2C(OCCOC)[C@H](n3cnc4c(N)ncnc43)O[C@@H]2COP(=O)(O)O[C@@H]2C(OCCOC)[C@H](n3cc(C)c(N)nc3=O)O[C@@H]2COP(O)(=S)O[C@@H]2C(OCCOC)[C@H](n3cnc4c(=O)[nH]c(N)nc43)O[C@@H]2CO)O[C@H]1n1cc(C)c(=O)[nH]c1=O. The molecule has 99 heavy (non-hydrogen) atoms. The van der Waals surface area contributed by atoms with Gasteiger partial charge in [0.1, 0.15) is 78.7 Å². The molecule has 10 heterocycles. The maximum absolute atomic E-state index is 14.9. The van der Waals surface area contributed by atoms with Crippen molar-refractivity contribution in [3.8, 4) is 0 Å². The van der Waals surface area contributed by atoms with Gasteiger partial charge in [-0.15, -0.1) is 0 Å². The number of hydrogen-bond acceptors (Lipinski definition) is 35. The molecule has 18 atom stereocenters. The van der Waals surface area contributed by atoms with Crippen molar-refractivity contribution in [3.05, 3.63) is 84.2 Å². The number of nitrogens with zero attached hydrogens (tertiary/aromatic N) is 10. The first-order valence-electron chi connectivity index (χ1n) is 30.2. The lowest BCUT2D eigenvalue weighted by molar-refractivity contribution is -0.0838. The van der Waals surface area contributed by atoms with E-state index in [2.05, 4.69) is 39.9 Å². The zero-order valence-electron chi connectivity index (χ0n) is 53.8. The van der Waals surface area contributed by atoms with Gasteiger partial charge in [-0.3, -0.25) is 60.4 Å². The van der Waals surface area contributed by atoms with Crippen LogP contribution >= 0.6 is 22.4 Å². The summed E-state index contributed by atoms with van der Waals surface area (Å²) < 4.78 is 140. The van der Waals surface area contributed by atoms with Crippen molar-refractivity contribution in [2.24, 2.45) is 0 Å². The Balaban J connectivity index is 0.932. The summed E-state index contributed by atoms with van der Waals surface area (Å²) in [6, 6.07) is 0. The van der Waals surface area contributed by atoms with Crippen LogP contribution < -0.4 is 39.7 Å². The summed E-state index contributed by atoms with van der Waals surface area (Å²) in [7, 11) is -5.46. The number of phosphoric acid groups is 2. The summed E-state index contributed by atoms with van der Waals surface area (Å²) in [5, 5.41) is 10.7. The van der Waals surface area contributed by atoms with Crippen molar-refractivity contribution >= 4 is 74.1 Å². The zero-order chi connectivity index (χ0) is 71.1. The van der Waals surface area contributed by atoms with Crippen molar-refractivity contribution in [2.45, 2.75) is 112 Å². The van der Waals surface area contributed by atoms with Gasteiger partial charge in [-0.25, -0.2) is 38.7 Å². The molecule has 4 saturated heterocycles. The van der Waals surface area contributed by atoms with E-state index in [1.165, 1.54) is 76.5 Å². The molecule has 0 radical (unpaired) electrons. The fourth-order valence-corrected chi connectivity index (χ4v) is 14.6. The maximum Gasteiger partial charge on any atom is 0.472 e. The number of aliphatic hydroxyl groups excluding tert-OH is 1. The Morgan fingerprint density at radius 1 is 0.556 bits per heavy atom. The first-order chi connectivity index (χ1) is 47.3. The lowest BCUT2D eigenvalue weighted by Crippen LogP contribution is -2.41. The smallest absolute Gasteiger partial charge is 0.394 e. The number of hydrogen-bond donors (Lipinski definition) is 9. The number of aromatic amines is 2. The molecule has 10 rings (SSSR count). The summed E-state index contributed by atoms with van der Waals surface area (Å²) in [5.41, 5.74) is 15.4. The highest BCUT2D eigenvalue weighted by atomic mass is 32.5. The number of nitrogen functional groups attached to an aromatic ring is 3. The highest BCUT2D eigenvalue weighted by Crippen LogP contribution is 2.55. The molecule has 0 saturated carbocycles. The van der Waals surface area contributed by atoms with E-state index in [9.17, 15) is 48.1 Å². The van der Waals surface area contributed by atoms with Crippen LogP contribution in [0.3, 0.4) is 0 Å². The third-order valence-corrected chi connectivity index (χ3v) is 19.4. The van der Waals surface area contributed by atoms with Gasteiger partial charge in [0.05, 0.1) is 98.0 Å². The molecule has 43 nitrogen and oxygen atoms in total. The number of aromatic nitrogens is 12. The largest absolute Gasteiger partial charge is 0.472 e. The molecule has 4 aliphatic rings. The average Bonchev–Trinajstić information content (AvgIpc) is 1.63. The Hall–Kier alpha value is -5.91. The van der Waals surface area contributed by atoms with Gasteiger partial charge >= 0.3 is 33.7 Å². The molecule has 4 aliphatic heterocycles. The van der Waals surface area contributed by atoms with Crippen LogP contribution in [0.2, 0.25) is 0 Å². The number of phosphoric ester groups is 2. The van der Waals surface area contributed by atoms with Crippen molar-refractivity contribution in [3.63, 3.8) is 0 Å². The molecular formula is C52H76N15O28P3S. The first-order valence-corrected chi connectivity index (χ1v) is 35.8. The second-order valence-electron chi connectivity index (χ2n) is 22.5. The van der Waals surface area contributed by atoms with Gasteiger partial charge in [-0.05, 0) is 25.7 Å². The van der Waals surface area contributed by atoms with Gasteiger partial charge in [0.15, 0.2) is 47.5 Å². The lowest BCUT2D eigenvalue weighted by atomic mass is 10.1. The number of H-pyrrole nitrogens is 2. The number of aryl methyl sites for hydroxylation is 2. The molecule has 6 aromatic heterocycles. The van der Waals surface area contributed by atoms with Crippen molar-refractivity contribution < 1.29 is 113 Å². The van der Waals surface area contributed by atoms with Crippen LogP contribution in [-0.2, 0) is 105 Å². The summed E-state index contributed by atoms with van der Waals surface area (Å²) in [4.78, 5) is 117. The monoisotopic (exact) mass is 1480 g/mol. The van der Waals surface area contributed by atoms with E-state index in [1.807, 2.05) is 0 Å². The molecule has 6 aromatic rings. The first kappa shape index (κ1) is 75.7. The molecule has 0 aliphatic carbocycles. The molecule has 4 fully saturated rings. The Morgan fingerprint density at radius 3 is 1.66 bits per heavy atom. The van der Waals surface area contributed by atoms with Crippen LogP contribution in [0.15, 0.2) is 50.6 Å². The number of anilines is 3. The third-order valence-electron chi connectivity index (χ3n) is 15.8. The van der Waals surface area contributed by atoms with Gasteiger partial charge in [0, 0.05) is 58.4 Å². The Labute approximate surface area is 564 Å². The predicted octanol–water partition coefficient (Wildman–Crippen LogP) is -2.15. The third kappa shape index (κ3) is 17.8. The summed E-state index contributed by atoms with van der Waals surface area (Å²) in [5.74, 6) is -0.458. The predicted molar refractivity (Wildman–Crippen MR) is 338 cm³/mol. The van der Waals surface area contributed by atoms with E-state index in [4.69, 9.17) is 113 Å². The molecular weight excluding hydrogens is 1410 g/mol. The maximum atomic E-state index is 14.9. The minimum Gasteiger partial charge on any atom is -0.394 e. The second kappa shape index (κ2) is 33.0. The highest BCUT2D eigenvalue weighted by molar-refractivity contribution is 8.07. The Bertz CT molecular complexity index is 4150. The topological polar surface area (TPSA) is 556 Å². The molecule has 0 spiro atoms. The van der Waals surface area contributed by atoms with E-state index in [-0.39, 0.29) is 110 Å². The number of imidazole rings is 2. The number of nitrogens with two attached hydrogens (primary N) is 3. The number of nitrogens with one attached hydrogen (secondary N) is 2. The van der Waals surface area contributed by atoms with E-state index in [0.29, 0.717) is 0 Å². The van der Waals surface area contributed by atoms with Crippen LogP contribution in [0, 0.1) is 13.8 Å². The normalized spacial score (nSPS) is 28.3. The molecule has 47 heteroatoms. The molecule has 0 aromatic carbocycles. The van der Waals surface area contributed by atoms with Gasteiger partial charge in [-0.2, -0.15) is 9.97 Å². The molecule has 0 bridgehead atoms. The van der Waals surface area contributed by atoms with E-state index < -0.39 is 163 Å². The quantitative estimate of drug-likeness (QED) is 0.0150. The van der Waals surface area contributed by atoms with Crippen LogP contribution in [0.25, 0.3) is 22.3 Å². The fourth-order valence-electron chi connectivity index (χ4n) is 11.2. The van der Waals surface area contributed by atoms with Crippen molar-refractivity contribution in [1.82, 2.24) is 58.1 Å². The zero-order valence-corrected chi connectivity index (χ0v) is 57.3. The van der Waals surface area contributed by atoms with Crippen molar-refractivity contribution in [1.29, 1.82) is 0 Å². The molecule has 548 valence electrons. The number of aliphatic hydroxyl groups is 1. The number of ether oxygens (including phenoxy) is 12. The summed E-state index contributed by atoms with van der Waals surface area (Å²) >= 11 is 5.57. The van der Waals surface area contributed by atoms with E-state index >= 15 is 0 Å². The fraction of sp³-hybridized carbons (Fsp3) is 0.654. The molecule has 12 N–H and O–H groups in total. The van der Waals surface area contributed by atoms with Crippen molar-refractivity contribution in [2.75, 3.05) is 125 Å². The van der Waals surface area contributed by atoms with Crippen LogP contribution in [0.4, 0.5) is 17.6 Å². The van der Waals surface area contributed by atoms with Gasteiger partial charge in [0.2, 0.25) is 5.95 Å². The second-order valence-corrected chi connectivity index (χ2v) is 28.1. The van der Waals surface area contributed by atoms with Gasteiger partial charge < -0.3 is 98.4 Å². The number of fused-ring (bicyclic) bond motifs is 2. The number of methoxy groups -OCH3 is 4. The van der Waals surface area contributed by atoms with Gasteiger partial charge in [-0.1, -0.05) is 0 Å². The summed E-state index contributed by atoms with van der Waals surface area (Å²) in [6.45, 7) is -5.65. The standard InChI is InChI=1S/C52H76N15O28P3S/c1-25-16-65(51(71)60-40(25)53)47-38(84-13-9-80-5)36(31(91-47)21-88-98(77,99)95-34-29(18-68)90-49(37(34)83-12-8-79-4)67-24-59-33-43(67)61-50(55)62-45(33)70)94-97(75,76)87-20-30-35(39(85-14-10-81-6)48(92-30)66-23-58-32-41(54)56-22-57-42(32)66)93-96(73,74)86-19-27-15-28(82-11-7-78-3)46(89-27)64-17-26(2)44(69)63-52(64)72/h16-17,22-24,27-31,34-39,46-49,68H,7-15,18-21H2,1-6H3,(H,73,74)(H,75,76)(H,77,99)(H2,53,60,71)(H2,54,56,57)(H,63,69,72)(H3,55,61,62,70)/t27-,28?,29+,30+,31+,34-,35-,36-,37?,38?,39?,46+,47+,48+,49+,98?/m0/s1. The van der Waals surface area contributed by atoms with E-state index in [1.54, 1.807) is 0 Å². The highest BCUT2D eigenvalue weighted by Gasteiger charge is 2.56. The average molecular weight is 1480 g/mol. The lowest BCUT2D eigenvalue weighted by Gasteiger charge is -2.29. The number of rotatable bonds is 36. The van der Waals surface area contributed by atoms with E-state index in [0.717, 1.165) is 15.5 Å². The summed E-state index contributed by atoms with van der Waals surface area (Å²) in [6.07, 6.45) is -15.7. The van der Waals surface area contributed by atoms with Crippen LogP contribution in [-0.4, -0.2) is 253 Å². The van der Waals surface area contributed by atoms with Crippen LogP contribution in [0.5, 0.6) is 0 Å². The molecule has 7 unspecified atom stereocenters. The van der Waals surface area contributed by atoms with Gasteiger partial charge in [0.25, 0.3) is 11.1 Å². The Morgan fingerprint density at radius 2 is 1.07 bits per heavy atom. The minimum atomic E-state index is -5.66. The minimum absolute atomic E-state index is 0.0227. The van der Waals surface area contributed by atoms with Crippen LogP contribution in [0.1, 0.15) is 42.5 Å². The Kier molecular flexibility index (Phi) is 25.3. The molecule has 0 amide bonds.